The number of ether oxygens (including phenoxy) is 1. The number of esters is 1. The number of hydrogen-bond donors (Lipinski definition) is 0. The fraction of sp³-hybridized carbons (Fsp3) is 0.556. The molecule has 17 heavy (non-hydrogen) atoms. The fourth-order valence-corrected chi connectivity index (χ4v) is 2.77. The van der Waals surface area contributed by atoms with Gasteiger partial charge in [0.15, 0.2) is 10.0 Å². The Labute approximate surface area is 104 Å². The first kappa shape index (κ1) is 14.3. The molecule has 8 heteroatoms. The van der Waals surface area contributed by atoms with Crippen LogP contribution in [-0.4, -0.2) is 23.8 Å². The lowest BCUT2D eigenvalue weighted by molar-refractivity contribution is -0.141. The van der Waals surface area contributed by atoms with Gasteiger partial charge in [0.25, 0.3) is 0 Å². The van der Waals surface area contributed by atoms with Gasteiger partial charge >= 0.3 is 12.1 Å². The van der Waals surface area contributed by atoms with Crippen molar-refractivity contribution in [2.24, 2.45) is 0 Å². The Morgan fingerprint density at radius 3 is 2.82 bits per heavy atom. The number of rotatable bonds is 5. The molecule has 0 radical (unpaired) electrons. The number of thioether (sulfide) groups is 1. The Kier molecular flexibility index (Phi) is 5.26. The van der Waals surface area contributed by atoms with E-state index < -0.39 is 11.9 Å². The van der Waals surface area contributed by atoms with Gasteiger partial charge < -0.3 is 4.74 Å². The quantitative estimate of drug-likeness (QED) is 0.473. The van der Waals surface area contributed by atoms with Crippen LogP contribution in [0.15, 0.2) is 9.72 Å². The standard InChI is InChI=1S/C9H10F3NO2S2/c1-15-7(14)3-2-4-16-8-13-6(5-17-8)9(10,11)12/h5H,2-4H2,1H3. The normalized spacial score (nSPS) is 11.5. The van der Waals surface area contributed by atoms with Crippen molar-refractivity contribution in [3.05, 3.63) is 11.1 Å². The maximum atomic E-state index is 12.2. The van der Waals surface area contributed by atoms with Crippen molar-refractivity contribution in [1.82, 2.24) is 4.98 Å². The summed E-state index contributed by atoms with van der Waals surface area (Å²) in [6.45, 7) is 0. The molecule has 3 nitrogen and oxygen atoms in total. The summed E-state index contributed by atoms with van der Waals surface area (Å²) in [5, 5.41) is 0.989. The van der Waals surface area contributed by atoms with Crippen LogP contribution in [0.4, 0.5) is 13.2 Å². The van der Waals surface area contributed by atoms with Crippen LogP contribution in [0, 0.1) is 0 Å². The molecule has 0 bridgehead atoms. The molecule has 0 fully saturated rings. The smallest absolute Gasteiger partial charge is 0.434 e. The van der Waals surface area contributed by atoms with Gasteiger partial charge in [0.05, 0.1) is 7.11 Å². The van der Waals surface area contributed by atoms with Crippen LogP contribution < -0.4 is 0 Å². The third-order valence-corrected chi connectivity index (χ3v) is 3.86. The molecule has 0 aliphatic carbocycles. The minimum Gasteiger partial charge on any atom is -0.469 e. The average molecular weight is 285 g/mol. The largest absolute Gasteiger partial charge is 0.469 e. The van der Waals surface area contributed by atoms with Crippen molar-refractivity contribution in [2.45, 2.75) is 23.4 Å². The summed E-state index contributed by atoms with van der Waals surface area (Å²) in [6, 6.07) is 0. The van der Waals surface area contributed by atoms with E-state index in [4.69, 9.17) is 0 Å². The third-order valence-electron chi connectivity index (χ3n) is 1.75. The molecule has 96 valence electrons. The van der Waals surface area contributed by atoms with Gasteiger partial charge in [-0.25, -0.2) is 4.98 Å². The van der Waals surface area contributed by atoms with Crippen LogP contribution in [0.3, 0.4) is 0 Å². The van der Waals surface area contributed by atoms with Crippen LogP contribution >= 0.6 is 23.1 Å². The Bertz CT molecular complexity index is 379. The summed E-state index contributed by atoms with van der Waals surface area (Å²) in [5.74, 6) is 0.223. The zero-order valence-corrected chi connectivity index (χ0v) is 10.5. The van der Waals surface area contributed by atoms with Crippen molar-refractivity contribution in [3.8, 4) is 0 Å². The minimum absolute atomic E-state index is 0.265. The average Bonchev–Trinajstić information content (AvgIpc) is 2.72. The summed E-state index contributed by atoms with van der Waals surface area (Å²) in [6.07, 6.45) is -3.57. The van der Waals surface area contributed by atoms with Crippen molar-refractivity contribution < 1.29 is 22.7 Å². The van der Waals surface area contributed by atoms with Crippen molar-refractivity contribution in [2.75, 3.05) is 12.9 Å². The zero-order valence-electron chi connectivity index (χ0n) is 8.91. The molecule has 0 aromatic carbocycles. The summed E-state index contributed by atoms with van der Waals surface area (Å²) < 4.78 is 41.4. The number of hydrogen-bond acceptors (Lipinski definition) is 5. The Morgan fingerprint density at radius 2 is 2.29 bits per heavy atom. The molecular formula is C9H10F3NO2S2. The lowest BCUT2D eigenvalue weighted by Crippen LogP contribution is -2.04. The number of carbonyl (C=O) groups is 1. The summed E-state index contributed by atoms with van der Waals surface area (Å²) in [7, 11) is 1.30. The summed E-state index contributed by atoms with van der Waals surface area (Å²) in [4.78, 5) is 14.2. The van der Waals surface area contributed by atoms with E-state index in [0.717, 1.165) is 16.7 Å². The topological polar surface area (TPSA) is 39.2 Å². The van der Waals surface area contributed by atoms with Crippen LogP contribution in [0.5, 0.6) is 0 Å². The van der Waals surface area contributed by atoms with E-state index in [1.807, 2.05) is 0 Å². The maximum Gasteiger partial charge on any atom is 0.434 e. The highest BCUT2D eigenvalue weighted by Crippen LogP contribution is 2.33. The van der Waals surface area contributed by atoms with Crippen LogP contribution in [0.25, 0.3) is 0 Å². The van der Waals surface area contributed by atoms with E-state index in [-0.39, 0.29) is 12.4 Å². The summed E-state index contributed by atoms with van der Waals surface area (Å²) in [5.41, 5.74) is -0.863. The predicted octanol–water partition coefficient (Wildman–Crippen LogP) is 3.21. The second-order valence-corrected chi connectivity index (χ2v) is 5.22. The van der Waals surface area contributed by atoms with Gasteiger partial charge in [0.1, 0.15) is 0 Å². The third kappa shape index (κ3) is 4.95. The highest BCUT2D eigenvalue weighted by atomic mass is 32.2. The Hall–Kier alpha value is -0.760. The van der Waals surface area contributed by atoms with Gasteiger partial charge in [-0.05, 0) is 6.42 Å². The van der Waals surface area contributed by atoms with Gasteiger partial charge in [-0.15, -0.1) is 11.3 Å². The highest BCUT2D eigenvalue weighted by molar-refractivity contribution is 8.01. The number of thiazole rings is 1. The van der Waals surface area contributed by atoms with Crippen LogP contribution in [0.2, 0.25) is 0 Å². The first-order valence-corrected chi connectivity index (χ1v) is 6.52. The number of methoxy groups -OCH3 is 1. The Balaban J connectivity index is 2.33. The molecule has 0 saturated heterocycles. The molecule has 0 aliphatic rings. The number of carbonyl (C=O) groups excluding carboxylic acids is 1. The molecule has 0 unspecified atom stereocenters. The van der Waals surface area contributed by atoms with Gasteiger partial charge in [-0.1, -0.05) is 11.8 Å². The molecule has 1 aromatic rings. The summed E-state index contributed by atoms with van der Waals surface area (Å²) >= 11 is 2.17. The number of halogens is 3. The van der Waals surface area contributed by atoms with E-state index in [1.54, 1.807) is 0 Å². The van der Waals surface area contributed by atoms with Crippen LogP contribution in [-0.2, 0) is 15.7 Å². The van der Waals surface area contributed by atoms with Crippen molar-refractivity contribution in [1.29, 1.82) is 0 Å². The molecule has 1 rings (SSSR count). The van der Waals surface area contributed by atoms with E-state index in [2.05, 4.69) is 9.72 Å². The number of nitrogens with zero attached hydrogens (tertiary/aromatic N) is 1. The van der Waals surface area contributed by atoms with Gasteiger partial charge in [-0.2, -0.15) is 13.2 Å². The number of aromatic nitrogens is 1. The molecule has 0 aliphatic heterocycles. The zero-order chi connectivity index (χ0) is 12.9. The predicted molar refractivity (Wildman–Crippen MR) is 59.1 cm³/mol. The van der Waals surface area contributed by atoms with E-state index in [1.165, 1.54) is 18.9 Å². The number of alkyl halides is 3. The molecule has 0 atom stereocenters. The lowest BCUT2D eigenvalue weighted by Gasteiger charge is -2.00. The molecule has 0 saturated carbocycles. The lowest BCUT2D eigenvalue weighted by atomic mass is 10.3. The van der Waals surface area contributed by atoms with Crippen LogP contribution in [0.1, 0.15) is 18.5 Å². The van der Waals surface area contributed by atoms with Gasteiger partial charge in [0.2, 0.25) is 0 Å². The monoisotopic (exact) mass is 285 g/mol. The second-order valence-electron chi connectivity index (χ2n) is 3.02. The second kappa shape index (κ2) is 6.25. The molecule has 1 aromatic heterocycles. The molecular weight excluding hydrogens is 275 g/mol. The molecule has 0 N–H and O–H groups in total. The van der Waals surface area contributed by atoms with E-state index >= 15 is 0 Å². The maximum absolute atomic E-state index is 12.2. The minimum atomic E-state index is -4.39. The van der Waals surface area contributed by atoms with Crippen molar-refractivity contribution in [3.63, 3.8) is 0 Å². The van der Waals surface area contributed by atoms with Crippen molar-refractivity contribution >= 4 is 29.1 Å². The van der Waals surface area contributed by atoms with E-state index in [9.17, 15) is 18.0 Å². The highest BCUT2D eigenvalue weighted by Gasteiger charge is 2.33. The van der Waals surface area contributed by atoms with Gasteiger partial charge in [0, 0.05) is 17.6 Å². The molecule has 0 amide bonds. The van der Waals surface area contributed by atoms with E-state index in [0.29, 0.717) is 16.5 Å². The SMILES string of the molecule is COC(=O)CCCSc1nc(C(F)(F)F)cs1. The first-order valence-electron chi connectivity index (χ1n) is 4.66. The Morgan fingerprint density at radius 1 is 1.59 bits per heavy atom. The first-order chi connectivity index (χ1) is 7.93. The van der Waals surface area contributed by atoms with Gasteiger partial charge in [-0.3, -0.25) is 4.79 Å². The fourth-order valence-electron chi connectivity index (χ4n) is 0.932. The molecule has 0 spiro atoms. The molecule has 1 heterocycles.